The van der Waals surface area contributed by atoms with Crippen molar-refractivity contribution in [1.82, 2.24) is 9.97 Å². The topological polar surface area (TPSA) is 25.8 Å². The molecular weight excluding hydrogens is 282 g/mol. The molecule has 2 nitrogen and oxygen atoms in total. The summed E-state index contributed by atoms with van der Waals surface area (Å²) in [5, 5.41) is 0.742. The number of hydrogen-bond acceptors (Lipinski definition) is 3. The van der Waals surface area contributed by atoms with E-state index >= 15 is 0 Å². The predicted molar refractivity (Wildman–Crippen MR) is 70.2 cm³/mol. The summed E-state index contributed by atoms with van der Waals surface area (Å²) in [5.74, 6) is -0.356. The highest BCUT2D eigenvalue weighted by molar-refractivity contribution is 7.98. The maximum absolute atomic E-state index is 12.0. The molecule has 0 aliphatic rings. The third-order valence-corrected chi connectivity index (χ3v) is 2.76. The van der Waals surface area contributed by atoms with Gasteiger partial charge < -0.3 is 0 Å². The smallest absolute Gasteiger partial charge is 0.131 e. The highest BCUT2D eigenvalue weighted by Gasteiger charge is 1.89. The molecule has 0 atom stereocenters. The number of aromatic nitrogens is 2. The second-order valence-corrected chi connectivity index (χ2v) is 4.47. The van der Waals surface area contributed by atoms with Crippen molar-refractivity contribution in [3.05, 3.63) is 52.8 Å². The Morgan fingerprint density at radius 2 is 1.65 bits per heavy atom. The van der Waals surface area contributed by atoms with Gasteiger partial charge in [0.1, 0.15) is 16.1 Å². The Hall–Kier alpha value is -0.840. The fourth-order valence-corrected chi connectivity index (χ4v) is 1.72. The lowest BCUT2D eigenvalue weighted by atomic mass is 10.5. The van der Waals surface area contributed by atoms with Gasteiger partial charge in [-0.3, -0.25) is 0 Å². The van der Waals surface area contributed by atoms with E-state index in [1.807, 2.05) is 18.4 Å². The first kappa shape index (κ1) is 14.2. The number of hydrogen-bond donors (Lipinski definition) is 0. The minimum atomic E-state index is -0.356. The van der Waals surface area contributed by atoms with Crippen LogP contribution in [-0.2, 0) is 0 Å². The maximum Gasteiger partial charge on any atom is 0.131 e. The van der Waals surface area contributed by atoms with Gasteiger partial charge in [0.25, 0.3) is 0 Å². The Morgan fingerprint density at radius 1 is 1.06 bits per heavy atom. The summed E-state index contributed by atoms with van der Waals surface area (Å²) in [6, 6.07) is 6.16. The van der Waals surface area contributed by atoms with E-state index in [0.29, 0.717) is 5.15 Å². The summed E-state index contributed by atoms with van der Waals surface area (Å²) in [4.78, 5) is 8.55. The summed E-state index contributed by atoms with van der Waals surface area (Å²) in [5.41, 5.74) is 0. The Kier molecular flexibility index (Phi) is 6.26. The molecule has 0 saturated carbocycles. The standard InChI is InChI=1S/C6H6ClNS.C5H3ClFN/c1-9-5-2-3-8-6(7)4-5;6-5-3-4(7)1-2-8-5/h2-4H,1H3;1-3H. The lowest BCUT2D eigenvalue weighted by Crippen LogP contribution is -1.74. The zero-order valence-electron chi connectivity index (χ0n) is 8.90. The second-order valence-electron chi connectivity index (χ2n) is 2.82. The molecule has 0 fully saturated rings. The Labute approximate surface area is 113 Å². The number of nitrogens with zero attached hydrogens (tertiary/aromatic N) is 2. The molecule has 2 heterocycles. The molecule has 0 aliphatic heterocycles. The van der Waals surface area contributed by atoms with E-state index in [1.54, 1.807) is 18.0 Å². The van der Waals surface area contributed by atoms with Crippen LogP contribution >= 0.6 is 35.0 Å². The van der Waals surface area contributed by atoms with Crippen molar-refractivity contribution in [2.75, 3.05) is 6.26 Å². The molecule has 0 N–H and O–H groups in total. The summed E-state index contributed by atoms with van der Waals surface area (Å²) in [6.45, 7) is 0. The van der Waals surface area contributed by atoms with Crippen LogP contribution < -0.4 is 0 Å². The van der Waals surface area contributed by atoms with Crippen molar-refractivity contribution in [1.29, 1.82) is 0 Å². The van der Waals surface area contributed by atoms with Crippen LogP contribution in [0.1, 0.15) is 0 Å². The molecule has 0 aliphatic carbocycles. The van der Waals surface area contributed by atoms with Gasteiger partial charge in [0.2, 0.25) is 0 Å². The summed E-state index contributed by atoms with van der Waals surface area (Å²) >= 11 is 12.6. The van der Waals surface area contributed by atoms with Crippen LogP contribution in [0.25, 0.3) is 0 Å². The first-order valence-corrected chi connectivity index (χ1v) is 6.52. The fourth-order valence-electron chi connectivity index (χ4n) is 0.891. The molecule has 0 radical (unpaired) electrons. The van der Waals surface area contributed by atoms with Gasteiger partial charge >= 0.3 is 0 Å². The molecule has 0 unspecified atom stereocenters. The lowest BCUT2D eigenvalue weighted by Gasteiger charge is -1.92. The predicted octanol–water partition coefficient (Wildman–Crippen LogP) is 4.33. The second kappa shape index (κ2) is 7.48. The molecule has 0 saturated heterocycles. The van der Waals surface area contributed by atoms with Crippen LogP contribution in [0, 0.1) is 5.82 Å². The van der Waals surface area contributed by atoms with E-state index < -0.39 is 0 Å². The van der Waals surface area contributed by atoms with E-state index in [1.165, 1.54) is 12.3 Å². The quantitative estimate of drug-likeness (QED) is 0.577. The molecular formula is C11H9Cl2FN2S. The van der Waals surface area contributed by atoms with Gasteiger partial charge in [0.15, 0.2) is 0 Å². The third kappa shape index (κ3) is 5.86. The summed E-state index contributed by atoms with van der Waals surface area (Å²) < 4.78 is 12.0. The minimum absolute atomic E-state index is 0.185. The molecule has 0 bridgehead atoms. The lowest BCUT2D eigenvalue weighted by molar-refractivity contribution is 0.625. The number of pyridine rings is 2. The number of thioether (sulfide) groups is 1. The fraction of sp³-hybridized carbons (Fsp3) is 0.0909. The Balaban J connectivity index is 0.000000171. The largest absolute Gasteiger partial charge is 0.244 e. The van der Waals surface area contributed by atoms with E-state index in [2.05, 4.69) is 9.97 Å². The molecule has 0 spiro atoms. The van der Waals surface area contributed by atoms with Crippen LogP contribution in [0.2, 0.25) is 10.3 Å². The Morgan fingerprint density at radius 3 is 2.00 bits per heavy atom. The SMILES string of the molecule is CSc1ccnc(Cl)c1.Fc1ccnc(Cl)c1. The van der Waals surface area contributed by atoms with Crippen LogP contribution in [-0.4, -0.2) is 16.2 Å². The van der Waals surface area contributed by atoms with Crippen molar-refractivity contribution >= 4 is 35.0 Å². The van der Waals surface area contributed by atoms with Crippen LogP contribution in [0.5, 0.6) is 0 Å². The van der Waals surface area contributed by atoms with Crippen molar-refractivity contribution in [2.45, 2.75) is 4.90 Å². The van der Waals surface area contributed by atoms with Crippen LogP contribution in [0.4, 0.5) is 4.39 Å². The number of halogens is 3. The average Bonchev–Trinajstić information content (AvgIpc) is 2.29. The highest BCUT2D eigenvalue weighted by atomic mass is 35.5. The normalized spacial score (nSPS) is 9.41. The maximum atomic E-state index is 12.0. The third-order valence-electron chi connectivity index (χ3n) is 1.62. The van der Waals surface area contributed by atoms with Crippen molar-refractivity contribution < 1.29 is 4.39 Å². The van der Waals surface area contributed by atoms with Crippen molar-refractivity contribution in [3.63, 3.8) is 0 Å². The van der Waals surface area contributed by atoms with E-state index in [9.17, 15) is 4.39 Å². The van der Waals surface area contributed by atoms with Gasteiger partial charge in [-0.2, -0.15) is 0 Å². The minimum Gasteiger partial charge on any atom is -0.244 e. The van der Waals surface area contributed by atoms with Crippen molar-refractivity contribution in [3.8, 4) is 0 Å². The van der Waals surface area contributed by atoms with E-state index in [0.717, 1.165) is 11.0 Å². The molecule has 6 heteroatoms. The van der Waals surface area contributed by atoms with Gasteiger partial charge in [-0.25, -0.2) is 14.4 Å². The van der Waals surface area contributed by atoms with Gasteiger partial charge in [0, 0.05) is 23.4 Å². The molecule has 0 amide bonds. The van der Waals surface area contributed by atoms with Gasteiger partial charge in [-0.05, 0) is 24.5 Å². The van der Waals surface area contributed by atoms with Gasteiger partial charge in [0.05, 0.1) is 0 Å². The number of rotatable bonds is 1. The summed E-state index contributed by atoms with van der Waals surface area (Å²) in [7, 11) is 0. The van der Waals surface area contributed by atoms with E-state index in [-0.39, 0.29) is 11.0 Å². The average molecular weight is 291 g/mol. The summed E-state index contributed by atoms with van der Waals surface area (Å²) in [6.07, 6.45) is 5.03. The van der Waals surface area contributed by atoms with Crippen LogP contribution in [0.15, 0.2) is 41.6 Å². The first-order valence-electron chi connectivity index (χ1n) is 4.54. The molecule has 2 aromatic heterocycles. The molecule has 2 aromatic rings. The van der Waals surface area contributed by atoms with Gasteiger partial charge in [-0.1, -0.05) is 23.2 Å². The Bertz CT molecular complexity index is 465. The van der Waals surface area contributed by atoms with Crippen molar-refractivity contribution in [2.24, 2.45) is 0 Å². The highest BCUT2D eigenvalue weighted by Crippen LogP contribution is 2.16. The van der Waals surface area contributed by atoms with Gasteiger partial charge in [-0.15, -0.1) is 11.8 Å². The molecule has 90 valence electrons. The zero-order chi connectivity index (χ0) is 12.7. The molecule has 17 heavy (non-hydrogen) atoms. The molecule has 2 rings (SSSR count). The van der Waals surface area contributed by atoms with E-state index in [4.69, 9.17) is 23.2 Å². The van der Waals surface area contributed by atoms with Crippen LogP contribution in [0.3, 0.4) is 0 Å². The zero-order valence-corrected chi connectivity index (χ0v) is 11.2. The monoisotopic (exact) mass is 290 g/mol. The molecule has 0 aromatic carbocycles. The first-order chi connectivity index (χ1) is 8.11.